The van der Waals surface area contributed by atoms with Gasteiger partial charge in [-0.3, -0.25) is 4.79 Å². The van der Waals surface area contributed by atoms with Crippen molar-refractivity contribution >= 4 is 46.5 Å². The first-order valence-electron chi connectivity index (χ1n) is 8.45. The molecule has 0 unspecified atom stereocenters. The third-order valence-corrected chi connectivity index (χ3v) is 5.09. The average Bonchev–Trinajstić information content (AvgIpc) is 3.15. The maximum absolute atomic E-state index is 13.8. The van der Waals surface area contributed by atoms with Crippen molar-refractivity contribution in [1.82, 2.24) is 20.0 Å². The summed E-state index contributed by atoms with van der Waals surface area (Å²) in [7, 11) is 0. The number of rotatable bonds is 4. The summed E-state index contributed by atoms with van der Waals surface area (Å²) in [6.07, 6.45) is 0. The first kappa shape index (κ1) is 20.3. The number of halogens is 4. The van der Waals surface area contributed by atoms with E-state index in [9.17, 15) is 9.18 Å². The maximum Gasteiger partial charge on any atom is 0.320 e. The number of benzene rings is 2. The molecule has 0 radical (unpaired) electrons. The van der Waals surface area contributed by atoms with Crippen molar-refractivity contribution in [3.63, 3.8) is 0 Å². The molecule has 4 rings (SSSR count). The van der Waals surface area contributed by atoms with Gasteiger partial charge in [-0.1, -0.05) is 52.0 Å². The minimum Gasteiger partial charge on any atom is -0.401 e. The summed E-state index contributed by atoms with van der Waals surface area (Å²) in [6, 6.07) is 10.2. The standard InChI is InChI=1S/C19H11Cl3FN5O2/c1-9-6-16(29)17(27-28(9)15-8-11(21)10(20)7-12(15)22)18-25-26-19(30-18)24-14-5-3-2-4-13(14)23/h2-8H,1H3,(H,24,26). The average molecular weight is 467 g/mol. The second kappa shape index (κ2) is 8.06. The number of hydrogen-bond donors (Lipinski definition) is 1. The van der Waals surface area contributed by atoms with Crippen molar-refractivity contribution in [3.8, 4) is 17.3 Å². The minimum absolute atomic E-state index is 0.101. The molecule has 0 saturated carbocycles. The number of nitrogens with one attached hydrogen (secondary N) is 1. The zero-order valence-corrected chi connectivity index (χ0v) is 17.4. The zero-order valence-electron chi connectivity index (χ0n) is 15.2. The summed E-state index contributed by atoms with van der Waals surface area (Å²) in [4.78, 5) is 12.5. The van der Waals surface area contributed by atoms with Crippen molar-refractivity contribution in [2.75, 3.05) is 5.32 Å². The largest absolute Gasteiger partial charge is 0.401 e. The summed E-state index contributed by atoms with van der Waals surface area (Å²) in [5.41, 5.74) is 0.490. The lowest BCUT2D eigenvalue weighted by Gasteiger charge is -2.12. The van der Waals surface area contributed by atoms with E-state index in [2.05, 4.69) is 20.6 Å². The lowest BCUT2D eigenvalue weighted by atomic mass is 10.2. The summed E-state index contributed by atoms with van der Waals surface area (Å²) in [5.74, 6) is -0.647. The molecule has 7 nitrogen and oxygen atoms in total. The van der Waals surface area contributed by atoms with Crippen LogP contribution in [-0.4, -0.2) is 20.0 Å². The maximum atomic E-state index is 13.8. The van der Waals surface area contributed by atoms with Crippen LogP contribution in [0.25, 0.3) is 17.3 Å². The molecular formula is C19H11Cl3FN5O2. The molecule has 2 aromatic heterocycles. The molecule has 30 heavy (non-hydrogen) atoms. The van der Waals surface area contributed by atoms with Gasteiger partial charge < -0.3 is 9.73 Å². The van der Waals surface area contributed by atoms with Crippen molar-refractivity contribution in [2.45, 2.75) is 6.92 Å². The molecule has 152 valence electrons. The summed E-state index contributed by atoms with van der Waals surface area (Å²) < 4.78 is 20.7. The van der Waals surface area contributed by atoms with Gasteiger partial charge in [0, 0.05) is 11.8 Å². The Morgan fingerprint density at radius 1 is 1.03 bits per heavy atom. The van der Waals surface area contributed by atoms with Gasteiger partial charge in [0.25, 0.3) is 5.89 Å². The van der Waals surface area contributed by atoms with Crippen LogP contribution >= 0.6 is 34.8 Å². The van der Waals surface area contributed by atoms with Crippen LogP contribution < -0.4 is 10.7 Å². The number of anilines is 2. The summed E-state index contributed by atoms with van der Waals surface area (Å²) >= 11 is 18.4. The van der Waals surface area contributed by atoms with Crippen molar-refractivity contribution < 1.29 is 8.81 Å². The lowest BCUT2D eigenvalue weighted by Crippen LogP contribution is -2.16. The van der Waals surface area contributed by atoms with E-state index in [0.29, 0.717) is 11.4 Å². The fourth-order valence-corrected chi connectivity index (χ4v) is 3.28. The molecule has 0 aliphatic heterocycles. The fraction of sp³-hybridized carbons (Fsp3) is 0.0526. The Morgan fingerprint density at radius 3 is 2.53 bits per heavy atom. The molecule has 0 atom stereocenters. The molecule has 2 aromatic carbocycles. The molecule has 0 saturated heterocycles. The highest BCUT2D eigenvalue weighted by Gasteiger charge is 2.18. The smallest absolute Gasteiger partial charge is 0.320 e. The van der Waals surface area contributed by atoms with Gasteiger partial charge in [0.15, 0.2) is 5.69 Å². The Kier molecular flexibility index (Phi) is 5.46. The normalized spacial score (nSPS) is 11.0. The first-order valence-corrected chi connectivity index (χ1v) is 9.58. The number of nitrogens with zero attached hydrogens (tertiary/aromatic N) is 4. The Hall–Kier alpha value is -2.94. The second-order valence-electron chi connectivity index (χ2n) is 6.15. The molecule has 0 fully saturated rings. The number of aryl methyl sites for hydroxylation is 1. The van der Waals surface area contributed by atoms with Crippen molar-refractivity contribution in [2.24, 2.45) is 0 Å². The van der Waals surface area contributed by atoms with Crippen LogP contribution in [0.1, 0.15) is 5.69 Å². The van der Waals surface area contributed by atoms with Crippen LogP contribution in [-0.2, 0) is 0 Å². The van der Waals surface area contributed by atoms with Gasteiger partial charge in [0.1, 0.15) is 5.82 Å². The lowest BCUT2D eigenvalue weighted by molar-refractivity contribution is 0.577. The Balaban J connectivity index is 1.75. The van der Waals surface area contributed by atoms with Gasteiger partial charge in [0.2, 0.25) is 5.43 Å². The zero-order chi connectivity index (χ0) is 21.4. The Morgan fingerprint density at radius 2 is 1.77 bits per heavy atom. The summed E-state index contributed by atoms with van der Waals surface area (Å²) in [6.45, 7) is 1.68. The number of hydrogen-bond acceptors (Lipinski definition) is 6. The highest BCUT2D eigenvalue weighted by Crippen LogP contribution is 2.31. The fourth-order valence-electron chi connectivity index (χ4n) is 2.66. The molecule has 2 heterocycles. The van der Waals surface area contributed by atoms with Gasteiger partial charge in [-0.15, -0.1) is 5.10 Å². The van der Waals surface area contributed by atoms with Crippen molar-refractivity contribution in [1.29, 1.82) is 0 Å². The Labute approximate surface area is 184 Å². The molecular weight excluding hydrogens is 456 g/mol. The monoisotopic (exact) mass is 465 g/mol. The predicted octanol–water partition coefficient (Wildman–Crippen LogP) is 5.43. The third kappa shape index (κ3) is 3.89. The molecule has 0 bridgehead atoms. The van der Waals surface area contributed by atoms with Gasteiger partial charge in [0.05, 0.1) is 26.4 Å². The quantitative estimate of drug-likeness (QED) is 0.403. The number of aromatic nitrogens is 4. The molecule has 0 spiro atoms. The highest BCUT2D eigenvalue weighted by atomic mass is 35.5. The Bertz CT molecular complexity index is 1320. The SMILES string of the molecule is Cc1cc(=O)c(-c2nnc(Nc3ccccc3F)o2)nn1-c1cc(Cl)c(Cl)cc1Cl. The van der Waals surface area contributed by atoms with E-state index in [-0.39, 0.29) is 38.4 Å². The molecule has 4 aromatic rings. The van der Waals surface area contributed by atoms with E-state index in [1.807, 2.05) is 0 Å². The van der Waals surface area contributed by atoms with E-state index < -0.39 is 11.2 Å². The van der Waals surface area contributed by atoms with Crippen LogP contribution in [0.3, 0.4) is 0 Å². The van der Waals surface area contributed by atoms with Gasteiger partial charge in [-0.05, 0) is 31.2 Å². The van der Waals surface area contributed by atoms with Crippen LogP contribution in [0.2, 0.25) is 15.1 Å². The van der Waals surface area contributed by atoms with Gasteiger partial charge in [-0.2, -0.15) is 5.10 Å². The first-order chi connectivity index (χ1) is 14.3. The molecule has 1 N–H and O–H groups in total. The highest BCUT2D eigenvalue weighted by molar-refractivity contribution is 6.43. The van der Waals surface area contributed by atoms with Crippen LogP contribution in [0.4, 0.5) is 16.1 Å². The van der Waals surface area contributed by atoms with E-state index in [4.69, 9.17) is 39.2 Å². The van der Waals surface area contributed by atoms with E-state index in [1.54, 1.807) is 19.1 Å². The van der Waals surface area contributed by atoms with Crippen LogP contribution in [0.15, 0.2) is 51.7 Å². The molecule has 0 aliphatic carbocycles. The molecule has 0 amide bonds. The molecule has 11 heteroatoms. The van der Waals surface area contributed by atoms with Gasteiger partial charge in [-0.25, -0.2) is 9.07 Å². The van der Waals surface area contributed by atoms with E-state index in [1.165, 1.54) is 35.0 Å². The van der Waals surface area contributed by atoms with Gasteiger partial charge >= 0.3 is 6.01 Å². The summed E-state index contributed by atoms with van der Waals surface area (Å²) in [5, 5.41) is 15.4. The van der Waals surface area contributed by atoms with Crippen LogP contribution in [0, 0.1) is 12.7 Å². The number of para-hydroxylation sites is 1. The molecule has 0 aliphatic rings. The second-order valence-corrected chi connectivity index (χ2v) is 7.37. The van der Waals surface area contributed by atoms with Crippen molar-refractivity contribution in [3.05, 3.63) is 79.3 Å². The topological polar surface area (TPSA) is 85.8 Å². The predicted molar refractivity (Wildman–Crippen MR) is 113 cm³/mol. The van der Waals surface area contributed by atoms with E-state index in [0.717, 1.165) is 0 Å². The van der Waals surface area contributed by atoms with E-state index >= 15 is 0 Å². The van der Waals surface area contributed by atoms with Crippen LogP contribution in [0.5, 0.6) is 0 Å². The third-order valence-electron chi connectivity index (χ3n) is 4.07. The minimum atomic E-state index is -0.498.